The molecule has 0 aliphatic carbocycles. The number of nitrogens with one attached hydrogen (secondary N) is 3. The fourth-order valence-corrected chi connectivity index (χ4v) is 6.01. The van der Waals surface area contributed by atoms with Crippen molar-refractivity contribution < 1.29 is 22.3 Å². The number of ether oxygens (including phenoxy) is 1. The molecule has 10 heteroatoms. The number of anilines is 1. The first-order chi connectivity index (χ1) is 19.5. The van der Waals surface area contributed by atoms with E-state index in [4.69, 9.17) is 4.74 Å². The largest absolute Gasteiger partial charge is 0.379 e. The topological polar surface area (TPSA) is 104 Å². The van der Waals surface area contributed by atoms with Crippen molar-refractivity contribution >= 4 is 32.5 Å². The van der Waals surface area contributed by atoms with Crippen LogP contribution in [0.3, 0.4) is 0 Å². The van der Waals surface area contributed by atoms with E-state index in [1.54, 1.807) is 42.5 Å². The van der Waals surface area contributed by atoms with E-state index in [2.05, 4.69) is 40.7 Å². The third-order valence-electron chi connectivity index (χ3n) is 7.24. The summed E-state index contributed by atoms with van der Waals surface area (Å²) in [6.07, 6.45) is 0. The Morgan fingerprint density at radius 1 is 1.02 bits per heavy atom. The number of aromatic nitrogens is 1. The molecule has 1 aliphatic rings. The Bertz CT molecular complexity index is 1650. The van der Waals surface area contributed by atoms with Gasteiger partial charge in [-0.15, -0.1) is 0 Å². The summed E-state index contributed by atoms with van der Waals surface area (Å²) in [6, 6.07) is 17.8. The number of nitrogens with zero attached hydrogens (tertiary/aromatic N) is 1. The van der Waals surface area contributed by atoms with E-state index in [-0.39, 0.29) is 21.9 Å². The van der Waals surface area contributed by atoms with Crippen molar-refractivity contribution in [3.05, 3.63) is 83.8 Å². The number of sulfonamides is 1. The number of rotatable bonds is 8. The first kappa shape index (κ1) is 28.8. The van der Waals surface area contributed by atoms with Crippen LogP contribution in [0, 0.1) is 5.82 Å². The Morgan fingerprint density at radius 3 is 2.44 bits per heavy atom. The molecule has 8 nitrogen and oxygen atoms in total. The number of hydrogen-bond donors (Lipinski definition) is 3. The summed E-state index contributed by atoms with van der Waals surface area (Å²) in [4.78, 5) is 18.9. The predicted molar refractivity (Wildman–Crippen MR) is 159 cm³/mol. The van der Waals surface area contributed by atoms with Crippen LogP contribution in [0.15, 0.2) is 71.6 Å². The van der Waals surface area contributed by atoms with Gasteiger partial charge in [-0.2, -0.15) is 0 Å². The van der Waals surface area contributed by atoms with Crippen LogP contribution in [0.25, 0.3) is 22.0 Å². The van der Waals surface area contributed by atoms with Crippen LogP contribution in [0.1, 0.15) is 36.8 Å². The summed E-state index contributed by atoms with van der Waals surface area (Å²) in [5.74, 6) is -0.763. The van der Waals surface area contributed by atoms with Crippen LogP contribution in [0.4, 0.5) is 10.1 Å². The number of benzene rings is 3. The van der Waals surface area contributed by atoms with Crippen molar-refractivity contribution in [1.82, 2.24) is 15.2 Å². The average Bonchev–Trinajstić information content (AvgIpc) is 3.32. The summed E-state index contributed by atoms with van der Waals surface area (Å²) < 4.78 is 48.7. The Labute approximate surface area is 240 Å². The smallest absolute Gasteiger partial charge is 0.268 e. The molecule has 4 aromatic rings. The van der Waals surface area contributed by atoms with Crippen LogP contribution >= 0.6 is 0 Å². The number of hydrogen-bond acceptors (Lipinski definition) is 5. The molecule has 41 heavy (non-hydrogen) atoms. The maximum absolute atomic E-state index is 14.3. The Kier molecular flexibility index (Phi) is 8.17. The summed E-state index contributed by atoms with van der Waals surface area (Å²) in [5.41, 5.74) is 3.17. The van der Waals surface area contributed by atoms with E-state index in [1.807, 2.05) is 12.1 Å². The van der Waals surface area contributed by atoms with Crippen LogP contribution < -0.4 is 10.0 Å². The molecule has 1 amide bonds. The maximum atomic E-state index is 14.3. The number of carbonyl (C=O) groups is 1. The second-order valence-corrected chi connectivity index (χ2v) is 12.9. The van der Waals surface area contributed by atoms with Crippen molar-refractivity contribution in [3.63, 3.8) is 0 Å². The second-order valence-electron chi connectivity index (χ2n) is 11.2. The molecular formula is C31H35FN4O4S. The monoisotopic (exact) mass is 578 g/mol. The molecule has 0 unspecified atom stereocenters. The molecule has 0 spiro atoms. The normalized spacial score (nSPS) is 14.7. The summed E-state index contributed by atoms with van der Waals surface area (Å²) >= 11 is 0. The van der Waals surface area contributed by atoms with E-state index in [9.17, 15) is 17.6 Å². The maximum Gasteiger partial charge on any atom is 0.268 e. The van der Waals surface area contributed by atoms with Crippen LogP contribution in [-0.2, 0) is 20.2 Å². The van der Waals surface area contributed by atoms with Gasteiger partial charge in [-0.1, -0.05) is 45.0 Å². The van der Waals surface area contributed by atoms with Gasteiger partial charge in [0.2, 0.25) is 0 Å². The van der Waals surface area contributed by atoms with Gasteiger partial charge in [-0.3, -0.25) is 14.4 Å². The zero-order valence-electron chi connectivity index (χ0n) is 23.5. The molecule has 1 saturated heterocycles. The molecule has 3 N–H and O–H groups in total. The van der Waals surface area contributed by atoms with Gasteiger partial charge < -0.3 is 15.0 Å². The van der Waals surface area contributed by atoms with Crippen molar-refractivity contribution in [2.24, 2.45) is 0 Å². The number of H-pyrrole nitrogens is 1. The minimum atomic E-state index is -3.87. The highest BCUT2D eigenvalue weighted by Crippen LogP contribution is 2.35. The Morgan fingerprint density at radius 2 is 1.76 bits per heavy atom. The third-order valence-corrected chi connectivity index (χ3v) is 8.64. The fourth-order valence-electron chi connectivity index (χ4n) is 4.96. The predicted octanol–water partition coefficient (Wildman–Crippen LogP) is 5.13. The standard InChI is InChI=1S/C31H35FN4O4S/c1-31(2,3)22-7-10-25(11-8-22)41(38,39)35-24-9-12-27-26(20-24)28(21-5-4-6-23(32)19-21)29(34-27)30(37)33-13-14-36-15-17-40-18-16-36/h4-12,19-20,34-35H,13-18H2,1-3H3,(H,33,37). The average molecular weight is 579 g/mol. The Balaban J connectivity index is 1.45. The summed E-state index contributed by atoms with van der Waals surface area (Å²) in [5, 5.41) is 3.56. The molecule has 0 radical (unpaired) electrons. The minimum Gasteiger partial charge on any atom is -0.379 e. The highest BCUT2D eigenvalue weighted by molar-refractivity contribution is 7.92. The summed E-state index contributed by atoms with van der Waals surface area (Å²) in [7, 11) is -3.87. The quantitative estimate of drug-likeness (QED) is 0.269. The molecule has 0 bridgehead atoms. The van der Waals surface area contributed by atoms with E-state index < -0.39 is 15.8 Å². The molecule has 3 aromatic carbocycles. The van der Waals surface area contributed by atoms with Gasteiger partial charge in [0.05, 0.1) is 18.1 Å². The lowest BCUT2D eigenvalue weighted by molar-refractivity contribution is 0.0383. The number of amides is 1. The van der Waals surface area contributed by atoms with E-state index in [0.29, 0.717) is 54.0 Å². The molecule has 1 fully saturated rings. The molecule has 5 rings (SSSR count). The lowest BCUT2D eigenvalue weighted by Crippen LogP contribution is -2.41. The highest BCUT2D eigenvalue weighted by atomic mass is 32.2. The van der Waals surface area contributed by atoms with Gasteiger partial charge in [0.25, 0.3) is 15.9 Å². The van der Waals surface area contributed by atoms with Gasteiger partial charge in [0.1, 0.15) is 11.5 Å². The van der Waals surface area contributed by atoms with Crippen molar-refractivity contribution in [2.75, 3.05) is 44.1 Å². The first-order valence-electron chi connectivity index (χ1n) is 13.6. The van der Waals surface area contributed by atoms with E-state index >= 15 is 0 Å². The van der Waals surface area contributed by atoms with Gasteiger partial charge >= 0.3 is 0 Å². The molecule has 0 saturated carbocycles. The lowest BCUT2D eigenvalue weighted by atomic mass is 9.87. The van der Waals surface area contributed by atoms with E-state index in [1.165, 1.54) is 12.1 Å². The van der Waals surface area contributed by atoms with Crippen molar-refractivity contribution in [3.8, 4) is 11.1 Å². The number of morpholine rings is 1. The molecule has 216 valence electrons. The van der Waals surface area contributed by atoms with Gasteiger partial charge in [0, 0.05) is 48.3 Å². The number of halogens is 1. The number of fused-ring (bicyclic) bond motifs is 1. The van der Waals surface area contributed by atoms with Gasteiger partial charge in [0.15, 0.2) is 0 Å². The van der Waals surface area contributed by atoms with Crippen molar-refractivity contribution in [1.29, 1.82) is 0 Å². The fraction of sp³-hybridized carbons (Fsp3) is 0.323. The SMILES string of the molecule is CC(C)(C)c1ccc(S(=O)(=O)Nc2ccc3[nH]c(C(=O)NCCN4CCOCC4)c(-c4cccc(F)c4)c3c2)cc1. The molecule has 0 atom stereocenters. The van der Waals surface area contributed by atoms with Crippen molar-refractivity contribution in [2.45, 2.75) is 31.1 Å². The second kappa shape index (κ2) is 11.6. The zero-order chi connectivity index (χ0) is 29.2. The zero-order valence-corrected chi connectivity index (χ0v) is 24.3. The minimum absolute atomic E-state index is 0.102. The van der Waals surface area contributed by atoms with E-state index in [0.717, 1.165) is 18.7 Å². The molecule has 1 aliphatic heterocycles. The molecular weight excluding hydrogens is 543 g/mol. The lowest BCUT2D eigenvalue weighted by Gasteiger charge is -2.26. The number of aromatic amines is 1. The first-order valence-corrected chi connectivity index (χ1v) is 15.1. The van der Waals surface area contributed by atoms with Gasteiger partial charge in [-0.05, 0) is 59.0 Å². The highest BCUT2D eigenvalue weighted by Gasteiger charge is 2.22. The van der Waals surface area contributed by atoms with Gasteiger partial charge in [-0.25, -0.2) is 12.8 Å². The molecule has 1 aromatic heterocycles. The third kappa shape index (κ3) is 6.61. The Hall–Kier alpha value is -3.73. The van der Waals surface area contributed by atoms with Crippen LogP contribution in [0.5, 0.6) is 0 Å². The molecule has 2 heterocycles. The summed E-state index contributed by atoms with van der Waals surface area (Å²) in [6.45, 7) is 10.3. The van der Waals surface area contributed by atoms with Crippen LogP contribution in [0.2, 0.25) is 0 Å². The number of carbonyl (C=O) groups excluding carboxylic acids is 1. The van der Waals surface area contributed by atoms with Crippen LogP contribution in [-0.4, -0.2) is 63.6 Å².